The summed E-state index contributed by atoms with van der Waals surface area (Å²) in [5, 5.41) is 5.90. The Morgan fingerprint density at radius 1 is 1.17 bits per heavy atom. The fourth-order valence-electron chi connectivity index (χ4n) is 2.16. The molecule has 1 aromatic heterocycles. The molecule has 1 heterocycles. The van der Waals surface area contributed by atoms with Crippen LogP contribution in [-0.2, 0) is 17.8 Å². The summed E-state index contributed by atoms with van der Waals surface area (Å²) >= 11 is 0. The Bertz CT molecular complexity index is 611. The summed E-state index contributed by atoms with van der Waals surface area (Å²) < 4.78 is 15.6. The van der Waals surface area contributed by atoms with E-state index < -0.39 is 0 Å². The molecule has 6 nitrogen and oxygen atoms in total. The second-order valence-electron chi connectivity index (χ2n) is 4.97. The molecule has 0 bridgehead atoms. The Morgan fingerprint density at radius 2 is 2.00 bits per heavy atom. The van der Waals surface area contributed by atoms with E-state index in [4.69, 9.17) is 13.9 Å². The van der Waals surface area contributed by atoms with Crippen LogP contribution in [0.3, 0.4) is 0 Å². The summed E-state index contributed by atoms with van der Waals surface area (Å²) in [5.41, 5.74) is 1.08. The third-order valence-electron chi connectivity index (χ3n) is 3.35. The number of methoxy groups -OCH3 is 2. The minimum atomic E-state index is -0.0444. The van der Waals surface area contributed by atoms with Gasteiger partial charge in [0.1, 0.15) is 5.76 Å². The van der Waals surface area contributed by atoms with E-state index in [0.29, 0.717) is 24.6 Å². The Labute approximate surface area is 135 Å². The van der Waals surface area contributed by atoms with E-state index in [0.717, 1.165) is 17.7 Å². The van der Waals surface area contributed by atoms with Crippen LogP contribution in [0.4, 0.5) is 0 Å². The van der Waals surface area contributed by atoms with E-state index >= 15 is 0 Å². The molecule has 0 saturated carbocycles. The highest BCUT2D eigenvalue weighted by Gasteiger charge is 2.05. The zero-order valence-corrected chi connectivity index (χ0v) is 13.4. The maximum Gasteiger partial charge on any atom is 0.233 e. The maximum absolute atomic E-state index is 11.7. The maximum atomic E-state index is 11.7. The van der Waals surface area contributed by atoms with Crippen molar-refractivity contribution in [3.8, 4) is 11.5 Å². The van der Waals surface area contributed by atoms with Gasteiger partial charge in [-0.2, -0.15) is 0 Å². The van der Waals surface area contributed by atoms with E-state index in [1.165, 1.54) is 0 Å². The smallest absolute Gasteiger partial charge is 0.233 e. The molecule has 1 aromatic carbocycles. The monoisotopic (exact) mass is 318 g/mol. The van der Waals surface area contributed by atoms with Gasteiger partial charge in [0.25, 0.3) is 0 Å². The number of carbonyl (C=O) groups excluding carboxylic acids is 1. The van der Waals surface area contributed by atoms with Gasteiger partial charge >= 0.3 is 0 Å². The van der Waals surface area contributed by atoms with Crippen molar-refractivity contribution in [3.63, 3.8) is 0 Å². The average Bonchev–Trinajstić information content (AvgIpc) is 3.08. The van der Waals surface area contributed by atoms with Gasteiger partial charge in [-0.1, -0.05) is 6.07 Å². The van der Waals surface area contributed by atoms with Gasteiger partial charge in [0, 0.05) is 6.54 Å². The molecule has 23 heavy (non-hydrogen) atoms. The van der Waals surface area contributed by atoms with E-state index in [-0.39, 0.29) is 12.5 Å². The van der Waals surface area contributed by atoms with E-state index in [1.807, 2.05) is 30.3 Å². The van der Waals surface area contributed by atoms with Crippen LogP contribution in [-0.4, -0.2) is 33.2 Å². The molecule has 0 fully saturated rings. The van der Waals surface area contributed by atoms with Crippen LogP contribution >= 0.6 is 0 Å². The lowest BCUT2D eigenvalue weighted by atomic mass is 10.1. The van der Waals surface area contributed by atoms with Crippen LogP contribution in [0.1, 0.15) is 11.3 Å². The lowest BCUT2D eigenvalue weighted by Crippen LogP contribution is -2.34. The molecular weight excluding hydrogens is 296 g/mol. The number of hydrogen-bond donors (Lipinski definition) is 2. The van der Waals surface area contributed by atoms with Crippen LogP contribution < -0.4 is 20.1 Å². The van der Waals surface area contributed by atoms with Gasteiger partial charge in [-0.05, 0) is 36.2 Å². The summed E-state index contributed by atoms with van der Waals surface area (Å²) in [4.78, 5) is 11.7. The first kappa shape index (κ1) is 16.9. The van der Waals surface area contributed by atoms with Crippen LogP contribution in [0.5, 0.6) is 11.5 Å². The van der Waals surface area contributed by atoms with E-state index in [9.17, 15) is 4.79 Å². The van der Waals surface area contributed by atoms with Crippen molar-refractivity contribution in [3.05, 3.63) is 47.9 Å². The number of ether oxygens (including phenoxy) is 2. The highest BCUT2D eigenvalue weighted by molar-refractivity contribution is 5.77. The predicted octanol–water partition coefficient (Wildman–Crippen LogP) is 1.75. The molecule has 0 radical (unpaired) electrons. The molecule has 0 atom stereocenters. The number of furan rings is 1. The molecule has 0 saturated heterocycles. The molecule has 2 rings (SSSR count). The number of nitrogens with one attached hydrogen (secondary N) is 2. The van der Waals surface area contributed by atoms with Crippen LogP contribution in [0.2, 0.25) is 0 Å². The van der Waals surface area contributed by atoms with Crippen LogP contribution in [0, 0.1) is 0 Å². The Balaban J connectivity index is 1.68. The molecular formula is C17H22N2O4. The number of benzene rings is 1. The lowest BCUT2D eigenvalue weighted by Gasteiger charge is -2.10. The summed E-state index contributed by atoms with van der Waals surface area (Å²) in [6, 6.07) is 9.42. The normalized spacial score (nSPS) is 10.3. The Kier molecular flexibility index (Phi) is 6.50. The summed E-state index contributed by atoms with van der Waals surface area (Å²) in [6.07, 6.45) is 2.34. The first-order chi connectivity index (χ1) is 11.2. The molecule has 2 aromatic rings. The zero-order valence-electron chi connectivity index (χ0n) is 13.4. The van der Waals surface area contributed by atoms with Crippen LogP contribution in [0.15, 0.2) is 41.0 Å². The van der Waals surface area contributed by atoms with Crippen molar-refractivity contribution < 1.29 is 18.7 Å². The van der Waals surface area contributed by atoms with Gasteiger partial charge in [-0.15, -0.1) is 0 Å². The molecule has 6 heteroatoms. The number of amides is 1. The van der Waals surface area contributed by atoms with Crippen molar-refractivity contribution in [2.45, 2.75) is 13.0 Å². The highest BCUT2D eigenvalue weighted by Crippen LogP contribution is 2.27. The van der Waals surface area contributed by atoms with Gasteiger partial charge < -0.3 is 24.5 Å². The van der Waals surface area contributed by atoms with Gasteiger partial charge in [0.05, 0.1) is 33.6 Å². The fraction of sp³-hybridized carbons (Fsp3) is 0.353. The minimum Gasteiger partial charge on any atom is -0.493 e. The highest BCUT2D eigenvalue weighted by atomic mass is 16.5. The molecule has 1 amide bonds. The predicted molar refractivity (Wildman–Crippen MR) is 86.7 cm³/mol. The molecule has 0 aliphatic rings. The van der Waals surface area contributed by atoms with Gasteiger partial charge in [0.2, 0.25) is 5.91 Å². The largest absolute Gasteiger partial charge is 0.493 e. The van der Waals surface area contributed by atoms with E-state index in [1.54, 1.807) is 20.5 Å². The number of rotatable bonds is 9. The standard InChI is InChI=1S/C17H22N2O4/c1-21-15-6-5-13(10-16(15)22-2)7-8-19-17(20)12-18-11-14-4-3-9-23-14/h3-6,9-10,18H,7-8,11-12H2,1-2H3,(H,19,20). The zero-order chi connectivity index (χ0) is 16.5. The van der Waals surface area contributed by atoms with Gasteiger partial charge in [0.15, 0.2) is 11.5 Å². The van der Waals surface area contributed by atoms with Gasteiger partial charge in [-0.3, -0.25) is 4.79 Å². The first-order valence-corrected chi connectivity index (χ1v) is 7.43. The average molecular weight is 318 g/mol. The molecule has 0 spiro atoms. The molecule has 0 aliphatic heterocycles. The number of carbonyl (C=O) groups is 1. The lowest BCUT2D eigenvalue weighted by molar-refractivity contribution is -0.120. The third kappa shape index (κ3) is 5.34. The minimum absolute atomic E-state index is 0.0444. The molecule has 0 unspecified atom stereocenters. The van der Waals surface area contributed by atoms with Gasteiger partial charge in [-0.25, -0.2) is 0 Å². The van der Waals surface area contributed by atoms with Crippen LogP contribution in [0.25, 0.3) is 0 Å². The summed E-state index contributed by atoms with van der Waals surface area (Å²) in [6.45, 7) is 1.36. The summed E-state index contributed by atoms with van der Waals surface area (Å²) in [5.74, 6) is 2.15. The molecule has 2 N–H and O–H groups in total. The fourth-order valence-corrected chi connectivity index (χ4v) is 2.16. The second kappa shape index (κ2) is 8.85. The first-order valence-electron chi connectivity index (χ1n) is 7.43. The summed E-state index contributed by atoms with van der Waals surface area (Å²) in [7, 11) is 3.21. The topological polar surface area (TPSA) is 72.7 Å². The Morgan fingerprint density at radius 3 is 2.70 bits per heavy atom. The third-order valence-corrected chi connectivity index (χ3v) is 3.35. The molecule has 0 aliphatic carbocycles. The quantitative estimate of drug-likeness (QED) is 0.737. The number of hydrogen-bond acceptors (Lipinski definition) is 5. The van der Waals surface area contributed by atoms with E-state index in [2.05, 4.69) is 10.6 Å². The molecule has 124 valence electrons. The second-order valence-corrected chi connectivity index (χ2v) is 4.97. The van der Waals surface area contributed by atoms with Crippen molar-refractivity contribution in [1.29, 1.82) is 0 Å². The SMILES string of the molecule is COc1ccc(CCNC(=O)CNCc2ccco2)cc1OC. The Hall–Kier alpha value is -2.47. The van der Waals surface area contributed by atoms with Crippen molar-refractivity contribution in [1.82, 2.24) is 10.6 Å². The van der Waals surface area contributed by atoms with Crippen molar-refractivity contribution in [2.24, 2.45) is 0 Å². The van der Waals surface area contributed by atoms with Crippen molar-refractivity contribution >= 4 is 5.91 Å². The van der Waals surface area contributed by atoms with Crippen molar-refractivity contribution in [2.75, 3.05) is 27.3 Å².